The molecule has 0 aliphatic carbocycles. The Bertz CT molecular complexity index is 573. The zero-order valence-corrected chi connectivity index (χ0v) is 12.2. The van der Waals surface area contributed by atoms with Crippen LogP contribution in [0.2, 0.25) is 0 Å². The summed E-state index contributed by atoms with van der Waals surface area (Å²) in [5.74, 6) is -1.66. The van der Waals surface area contributed by atoms with Crippen LogP contribution < -0.4 is 4.90 Å². The van der Waals surface area contributed by atoms with Gasteiger partial charge in [-0.2, -0.15) is 13.2 Å². The molecule has 1 aromatic carbocycles. The predicted molar refractivity (Wildman–Crippen MR) is 73.9 cm³/mol. The van der Waals surface area contributed by atoms with Crippen LogP contribution in [0, 0.1) is 0 Å². The lowest BCUT2D eigenvalue weighted by molar-refractivity contribution is -0.137. The SMILES string of the molecule is CN(C)CCN1C(=O)C(=O)c2cc(C(F)(F)F)ccc21.Cl. The third kappa shape index (κ3) is 3.36. The molecule has 0 aromatic heterocycles. The van der Waals surface area contributed by atoms with E-state index in [0.29, 0.717) is 6.54 Å². The summed E-state index contributed by atoms with van der Waals surface area (Å²) in [4.78, 5) is 26.6. The standard InChI is InChI=1S/C13H13F3N2O2.ClH/c1-17(2)5-6-18-10-4-3-8(13(14,15)16)7-9(10)11(19)12(18)20;/h3-4,7H,5-6H2,1-2H3;1H. The summed E-state index contributed by atoms with van der Waals surface area (Å²) in [6, 6.07) is 2.80. The van der Waals surface area contributed by atoms with Crippen LogP contribution in [-0.2, 0) is 11.0 Å². The first-order valence-electron chi connectivity index (χ1n) is 5.94. The molecule has 4 nitrogen and oxygen atoms in total. The van der Waals surface area contributed by atoms with Gasteiger partial charge in [-0.05, 0) is 32.3 Å². The van der Waals surface area contributed by atoms with Crippen LogP contribution in [0.15, 0.2) is 18.2 Å². The molecule has 0 spiro atoms. The Morgan fingerprint density at radius 1 is 1.19 bits per heavy atom. The highest BCUT2D eigenvalue weighted by molar-refractivity contribution is 6.52. The van der Waals surface area contributed by atoms with Crippen molar-refractivity contribution in [2.45, 2.75) is 6.18 Å². The van der Waals surface area contributed by atoms with Crippen molar-refractivity contribution in [3.63, 3.8) is 0 Å². The zero-order chi connectivity index (χ0) is 15.1. The summed E-state index contributed by atoms with van der Waals surface area (Å²) < 4.78 is 37.8. The van der Waals surface area contributed by atoms with Gasteiger partial charge in [0.1, 0.15) is 0 Å². The van der Waals surface area contributed by atoms with Gasteiger partial charge in [0, 0.05) is 13.1 Å². The number of benzene rings is 1. The molecule has 0 fully saturated rings. The fourth-order valence-corrected chi connectivity index (χ4v) is 2.00. The topological polar surface area (TPSA) is 40.6 Å². The number of alkyl halides is 3. The monoisotopic (exact) mass is 322 g/mol. The van der Waals surface area contributed by atoms with Gasteiger partial charge in [0.15, 0.2) is 0 Å². The van der Waals surface area contributed by atoms with Crippen molar-refractivity contribution in [3.05, 3.63) is 29.3 Å². The van der Waals surface area contributed by atoms with Gasteiger partial charge in [0.25, 0.3) is 11.7 Å². The maximum Gasteiger partial charge on any atom is 0.416 e. The average Bonchev–Trinajstić information content (AvgIpc) is 2.58. The number of anilines is 1. The number of carbonyl (C=O) groups is 2. The van der Waals surface area contributed by atoms with Crippen molar-refractivity contribution < 1.29 is 22.8 Å². The molecule has 1 heterocycles. The van der Waals surface area contributed by atoms with Gasteiger partial charge in [-0.1, -0.05) is 0 Å². The molecular weight excluding hydrogens is 309 g/mol. The molecule has 1 aliphatic rings. The van der Waals surface area contributed by atoms with Gasteiger partial charge >= 0.3 is 6.18 Å². The van der Waals surface area contributed by atoms with E-state index in [0.717, 1.165) is 12.1 Å². The van der Waals surface area contributed by atoms with Gasteiger partial charge < -0.3 is 9.80 Å². The van der Waals surface area contributed by atoms with Crippen molar-refractivity contribution in [2.75, 3.05) is 32.1 Å². The number of likely N-dealkylation sites (N-methyl/N-ethyl adjacent to an activating group) is 1. The summed E-state index contributed by atoms with van der Waals surface area (Å²) in [5, 5.41) is 0. The van der Waals surface area contributed by atoms with Crippen molar-refractivity contribution >= 4 is 29.8 Å². The van der Waals surface area contributed by atoms with Crippen molar-refractivity contribution in [2.24, 2.45) is 0 Å². The molecule has 0 radical (unpaired) electrons. The van der Waals surface area contributed by atoms with Crippen LogP contribution in [-0.4, -0.2) is 43.8 Å². The average molecular weight is 323 g/mol. The number of halogens is 4. The quantitative estimate of drug-likeness (QED) is 0.801. The van der Waals surface area contributed by atoms with E-state index in [1.165, 1.54) is 11.0 Å². The molecule has 1 aromatic rings. The Kier molecular flexibility index (Phi) is 5.01. The maximum atomic E-state index is 12.6. The lowest BCUT2D eigenvalue weighted by Gasteiger charge is -2.19. The minimum Gasteiger partial charge on any atom is -0.308 e. The molecule has 2 rings (SSSR count). The molecule has 21 heavy (non-hydrogen) atoms. The number of Topliss-reactive ketones (excluding diaryl/α,β-unsaturated/α-hetero) is 1. The summed E-state index contributed by atoms with van der Waals surface area (Å²) in [5.41, 5.74) is -0.856. The summed E-state index contributed by atoms with van der Waals surface area (Å²) in [7, 11) is 3.60. The maximum absolute atomic E-state index is 12.6. The largest absolute Gasteiger partial charge is 0.416 e. The molecule has 0 saturated heterocycles. The van der Waals surface area contributed by atoms with Gasteiger partial charge in [0.05, 0.1) is 16.8 Å². The normalized spacial score (nSPS) is 14.5. The van der Waals surface area contributed by atoms with Crippen LogP contribution in [0.25, 0.3) is 0 Å². The van der Waals surface area contributed by atoms with Gasteiger partial charge in [-0.15, -0.1) is 12.4 Å². The third-order valence-corrected chi connectivity index (χ3v) is 3.07. The third-order valence-electron chi connectivity index (χ3n) is 3.07. The highest BCUT2D eigenvalue weighted by Crippen LogP contribution is 2.35. The molecule has 116 valence electrons. The Hall–Kier alpha value is -1.60. The first-order chi connectivity index (χ1) is 9.21. The van der Waals surface area contributed by atoms with E-state index in [4.69, 9.17) is 0 Å². The van der Waals surface area contributed by atoms with Gasteiger partial charge in [-0.3, -0.25) is 9.59 Å². The van der Waals surface area contributed by atoms with E-state index in [-0.39, 0.29) is 30.2 Å². The first-order valence-corrected chi connectivity index (χ1v) is 5.94. The Morgan fingerprint density at radius 3 is 2.33 bits per heavy atom. The van der Waals surface area contributed by atoms with E-state index >= 15 is 0 Å². The molecule has 0 unspecified atom stereocenters. The van der Waals surface area contributed by atoms with Crippen LogP contribution in [0.1, 0.15) is 15.9 Å². The number of ketones is 1. The highest BCUT2D eigenvalue weighted by Gasteiger charge is 2.39. The fourth-order valence-electron chi connectivity index (χ4n) is 2.00. The second-order valence-electron chi connectivity index (χ2n) is 4.82. The number of amides is 1. The number of fused-ring (bicyclic) bond motifs is 1. The molecular formula is C13H14ClF3N2O2. The lowest BCUT2D eigenvalue weighted by atomic mass is 10.1. The van der Waals surface area contributed by atoms with Gasteiger partial charge in [-0.25, -0.2) is 0 Å². The van der Waals surface area contributed by atoms with Crippen LogP contribution >= 0.6 is 12.4 Å². The fraction of sp³-hybridized carbons (Fsp3) is 0.385. The number of rotatable bonds is 3. The Balaban J connectivity index is 0.00000220. The summed E-state index contributed by atoms with van der Waals surface area (Å²) in [6.07, 6.45) is -4.53. The molecule has 0 atom stereocenters. The second-order valence-corrected chi connectivity index (χ2v) is 4.82. The van der Waals surface area contributed by atoms with Crippen molar-refractivity contribution in [1.29, 1.82) is 0 Å². The van der Waals surface area contributed by atoms with Crippen molar-refractivity contribution in [1.82, 2.24) is 4.90 Å². The molecule has 8 heteroatoms. The number of hydrogen-bond acceptors (Lipinski definition) is 3. The predicted octanol–water partition coefficient (Wildman–Crippen LogP) is 2.22. The molecule has 1 aliphatic heterocycles. The summed E-state index contributed by atoms with van der Waals surface area (Å²) >= 11 is 0. The minimum absolute atomic E-state index is 0. The van der Waals surface area contributed by atoms with Gasteiger partial charge in [0.2, 0.25) is 0 Å². The number of hydrogen-bond donors (Lipinski definition) is 0. The van der Waals surface area contributed by atoms with E-state index in [1.54, 1.807) is 14.1 Å². The lowest BCUT2D eigenvalue weighted by Crippen LogP contribution is -2.35. The molecule has 0 N–H and O–H groups in total. The smallest absolute Gasteiger partial charge is 0.308 e. The second kappa shape index (κ2) is 6.03. The Morgan fingerprint density at radius 2 is 1.81 bits per heavy atom. The molecule has 1 amide bonds. The van der Waals surface area contributed by atoms with E-state index in [9.17, 15) is 22.8 Å². The first kappa shape index (κ1) is 17.5. The summed E-state index contributed by atoms with van der Waals surface area (Å²) in [6.45, 7) is 0.773. The van der Waals surface area contributed by atoms with E-state index in [2.05, 4.69) is 0 Å². The Labute approximate surface area is 125 Å². The van der Waals surface area contributed by atoms with E-state index in [1.807, 2.05) is 4.90 Å². The minimum atomic E-state index is -4.53. The zero-order valence-electron chi connectivity index (χ0n) is 11.4. The number of carbonyl (C=O) groups excluding carboxylic acids is 2. The number of nitrogens with zero attached hydrogens (tertiary/aromatic N) is 2. The van der Waals surface area contributed by atoms with Crippen LogP contribution in [0.3, 0.4) is 0 Å². The van der Waals surface area contributed by atoms with Crippen LogP contribution in [0.5, 0.6) is 0 Å². The highest BCUT2D eigenvalue weighted by atomic mass is 35.5. The molecule has 0 saturated carbocycles. The van der Waals surface area contributed by atoms with Crippen LogP contribution in [0.4, 0.5) is 18.9 Å². The molecule has 0 bridgehead atoms. The van der Waals surface area contributed by atoms with E-state index < -0.39 is 23.4 Å². The van der Waals surface area contributed by atoms with Crippen molar-refractivity contribution in [3.8, 4) is 0 Å².